The summed E-state index contributed by atoms with van der Waals surface area (Å²) in [5, 5.41) is 5.25. The average molecular weight is 481 g/mol. The van der Waals surface area contributed by atoms with Crippen LogP contribution in [-0.4, -0.2) is 42.9 Å². The molecule has 34 heavy (non-hydrogen) atoms. The SMILES string of the molecule is CCOC(=O)c1cnn(-c2cc(C)c3cccc(C)c3n2)c1NS(=O)(=O)c1ccc(OC)cc1. The van der Waals surface area contributed by atoms with Gasteiger partial charge in [-0.25, -0.2) is 18.2 Å². The highest BCUT2D eigenvalue weighted by atomic mass is 32.2. The van der Waals surface area contributed by atoms with Crippen LogP contribution < -0.4 is 9.46 Å². The predicted molar refractivity (Wildman–Crippen MR) is 128 cm³/mol. The van der Waals surface area contributed by atoms with Gasteiger partial charge in [-0.2, -0.15) is 9.78 Å². The third kappa shape index (κ3) is 4.32. The van der Waals surface area contributed by atoms with Gasteiger partial charge in [0, 0.05) is 5.39 Å². The Morgan fingerprint density at radius 3 is 2.50 bits per heavy atom. The summed E-state index contributed by atoms with van der Waals surface area (Å²) in [6.45, 7) is 5.67. The maximum absolute atomic E-state index is 13.2. The van der Waals surface area contributed by atoms with E-state index >= 15 is 0 Å². The number of esters is 1. The highest BCUT2D eigenvalue weighted by Crippen LogP contribution is 2.28. The van der Waals surface area contributed by atoms with Crippen molar-refractivity contribution in [3.05, 3.63) is 71.4 Å². The lowest BCUT2D eigenvalue weighted by Crippen LogP contribution is -2.19. The quantitative estimate of drug-likeness (QED) is 0.398. The van der Waals surface area contributed by atoms with Crippen LogP contribution in [0.3, 0.4) is 0 Å². The third-order valence-electron chi connectivity index (χ3n) is 5.32. The molecule has 0 radical (unpaired) electrons. The van der Waals surface area contributed by atoms with Crippen LogP contribution in [0.4, 0.5) is 5.82 Å². The summed E-state index contributed by atoms with van der Waals surface area (Å²) >= 11 is 0. The number of nitrogens with one attached hydrogen (secondary N) is 1. The van der Waals surface area contributed by atoms with Gasteiger partial charge >= 0.3 is 5.97 Å². The van der Waals surface area contributed by atoms with Gasteiger partial charge in [-0.15, -0.1) is 0 Å². The molecule has 0 aliphatic rings. The number of para-hydroxylation sites is 1. The molecular formula is C24H24N4O5S. The number of nitrogens with zero attached hydrogens (tertiary/aromatic N) is 3. The molecular weight excluding hydrogens is 456 g/mol. The number of rotatable bonds is 7. The molecule has 4 rings (SSSR count). The Morgan fingerprint density at radius 1 is 1.09 bits per heavy atom. The highest BCUT2D eigenvalue weighted by molar-refractivity contribution is 7.92. The van der Waals surface area contributed by atoms with Gasteiger partial charge < -0.3 is 9.47 Å². The number of hydrogen-bond donors (Lipinski definition) is 1. The lowest BCUT2D eigenvalue weighted by atomic mass is 10.1. The van der Waals surface area contributed by atoms with Crippen molar-refractivity contribution >= 4 is 32.7 Å². The number of sulfonamides is 1. The van der Waals surface area contributed by atoms with Crippen molar-refractivity contribution in [1.82, 2.24) is 14.8 Å². The van der Waals surface area contributed by atoms with E-state index in [1.165, 1.54) is 42.3 Å². The molecule has 0 atom stereocenters. The fraction of sp³-hybridized carbons (Fsp3) is 0.208. The second-order valence-electron chi connectivity index (χ2n) is 7.59. The molecule has 0 amide bonds. The second kappa shape index (κ2) is 9.14. The van der Waals surface area contributed by atoms with Crippen LogP contribution >= 0.6 is 0 Å². The van der Waals surface area contributed by atoms with Crippen molar-refractivity contribution in [2.45, 2.75) is 25.7 Å². The van der Waals surface area contributed by atoms with Crippen LogP contribution in [0.2, 0.25) is 0 Å². The van der Waals surface area contributed by atoms with E-state index in [2.05, 4.69) is 9.82 Å². The fourth-order valence-corrected chi connectivity index (χ4v) is 4.64. The number of anilines is 1. The zero-order valence-electron chi connectivity index (χ0n) is 19.2. The predicted octanol–water partition coefficient (Wildman–Crippen LogP) is 4.02. The summed E-state index contributed by atoms with van der Waals surface area (Å²) in [6.07, 6.45) is 1.27. The Hall–Kier alpha value is -3.92. The monoisotopic (exact) mass is 480 g/mol. The molecule has 10 heteroatoms. The number of methoxy groups -OCH3 is 1. The lowest BCUT2D eigenvalue weighted by Gasteiger charge is -2.14. The molecule has 0 spiro atoms. The van der Waals surface area contributed by atoms with E-state index in [9.17, 15) is 13.2 Å². The van der Waals surface area contributed by atoms with Crippen molar-refractivity contribution in [3.63, 3.8) is 0 Å². The first-order chi connectivity index (χ1) is 16.2. The van der Waals surface area contributed by atoms with E-state index in [4.69, 9.17) is 14.5 Å². The molecule has 176 valence electrons. The molecule has 1 N–H and O–H groups in total. The van der Waals surface area contributed by atoms with Gasteiger partial charge in [0.2, 0.25) is 0 Å². The molecule has 2 aromatic heterocycles. The van der Waals surface area contributed by atoms with Gasteiger partial charge in [0.25, 0.3) is 10.0 Å². The van der Waals surface area contributed by atoms with Gasteiger partial charge in [-0.3, -0.25) is 4.72 Å². The maximum Gasteiger partial charge on any atom is 0.343 e. The summed E-state index contributed by atoms with van der Waals surface area (Å²) in [6, 6.07) is 13.5. The fourth-order valence-electron chi connectivity index (χ4n) is 3.57. The first-order valence-electron chi connectivity index (χ1n) is 10.5. The Balaban J connectivity index is 1.86. The minimum Gasteiger partial charge on any atom is -0.497 e. The van der Waals surface area contributed by atoms with E-state index in [0.29, 0.717) is 11.6 Å². The summed E-state index contributed by atoms with van der Waals surface area (Å²) < 4.78 is 40.4. The molecule has 0 aliphatic heterocycles. The summed E-state index contributed by atoms with van der Waals surface area (Å²) in [4.78, 5) is 17.3. The summed E-state index contributed by atoms with van der Waals surface area (Å²) in [5.41, 5.74) is 2.62. The number of fused-ring (bicyclic) bond motifs is 1. The van der Waals surface area contributed by atoms with E-state index < -0.39 is 16.0 Å². The lowest BCUT2D eigenvalue weighted by molar-refractivity contribution is 0.0527. The van der Waals surface area contributed by atoms with E-state index in [-0.39, 0.29) is 22.9 Å². The number of aromatic nitrogens is 3. The Bertz CT molecular complexity index is 1480. The van der Waals surface area contributed by atoms with Crippen LogP contribution in [0, 0.1) is 13.8 Å². The van der Waals surface area contributed by atoms with Crippen LogP contribution in [0.25, 0.3) is 16.7 Å². The number of ether oxygens (including phenoxy) is 2. The van der Waals surface area contributed by atoms with Crippen molar-refractivity contribution < 1.29 is 22.7 Å². The van der Waals surface area contributed by atoms with Crippen molar-refractivity contribution in [3.8, 4) is 11.6 Å². The van der Waals surface area contributed by atoms with Crippen molar-refractivity contribution in [2.24, 2.45) is 0 Å². The minimum atomic E-state index is -4.07. The molecule has 0 bridgehead atoms. The standard InChI is InChI=1S/C24H24N4O5S/c1-5-33-24(29)20-14-25-28(21-13-16(3)19-8-6-7-15(2)22(19)26-21)23(20)27-34(30,31)18-11-9-17(32-4)10-12-18/h6-14,27H,5H2,1-4H3. The second-order valence-corrected chi connectivity index (χ2v) is 9.27. The Morgan fingerprint density at radius 2 is 1.82 bits per heavy atom. The first-order valence-corrected chi connectivity index (χ1v) is 12.0. The normalized spacial score (nSPS) is 11.4. The molecule has 2 aromatic carbocycles. The molecule has 2 heterocycles. The van der Waals surface area contributed by atoms with E-state index in [0.717, 1.165) is 22.0 Å². The highest BCUT2D eigenvalue weighted by Gasteiger charge is 2.26. The zero-order valence-corrected chi connectivity index (χ0v) is 20.0. The molecule has 9 nitrogen and oxygen atoms in total. The van der Waals surface area contributed by atoms with Gasteiger partial charge in [0.1, 0.15) is 11.3 Å². The number of carbonyl (C=O) groups excluding carboxylic acids is 1. The van der Waals surface area contributed by atoms with Gasteiger partial charge in [-0.1, -0.05) is 18.2 Å². The topological polar surface area (TPSA) is 112 Å². The molecule has 0 saturated heterocycles. The number of carbonyl (C=O) groups is 1. The third-order valence-corrected chi connectivity index (χ3v) is 6.67. The van der Waals surface area contributed by atoms with Crippen molar-refractivity contribution in [2.75, 3.05) is 18.4 Å². The van der Waals surface area contributed by atoms with Crippen LogP contribution in [0.1, 0.15) is 28.4 Å². The van der Waals surface area contributed by atoms with Crippen LogP contribution in [-0.2, 0) is 14.8 Å². The number of benzene rings is 2. The zero-order chi connectivity index (χ0) is 24.5. The van der Waals surface area contributed by atoms with Gasteiger partial charge in [-0.05, 0) is 62.2 Å². The summed E-state index contributed by atoms with van der Waals surface area (Å²) in [5.74, 6) is 0.119. The van der Waals surface area contributed by atoms with Gasteiger partial charge in [0.15, 0.2) is 11.6 Å². The molecule has 0 saturated carbocycles. The molecule has 4 aromatic rings. The van der Waals surface area contributed by atoms with Crippen LogP contribution in [0.15, 0.2) is 59.6 Å². The first kappa shape index (κ1) is 23.2. The molecule has 0 fully saturated rings. The van der Waals surface area contributed by atoms with E-state index in [1.54, 1.807) is 13.0 Å². The maximum atomic E-state index is 13.2. The summed E-state index contributed by atoms with van der Waals surface area (Å²) in [7, 11) is -2.58. The largest absolute Gasteiger partial charge is 0.497 e. The smallest absolute Gasteiger partial charge is 0.343 e. The Kier molecular flexibility index (Phi) is 6.25. The average Bonchev–Trinajstić information content (AvgIpc) is 3.22. The number of aryl methyl sites for hydroxylation is 2. The van der Waals surface area contributed by atoms with Crippen molar-refractivity contribution in [1.29, 1.82) is 0 Å². The molecule has 0 aliphatic carbocycles. The Labute approximate surface area is 197 Å². The minimum absolute atomic E-state index is 0.00523. The molecule has 0 unspecified atom stereocenters. The number of pyridine rings is 1. The van der Waals surface area contributed by atoms with Gasteiger partial charge in [0.05, 0.1) is 30.3 Å². The van der Waals surface area contributed by atoms with Crippen LogP contribution in [0.5, 0.6) is 5.75 Å². The number of hydrogen-bond acceptors (Lipinski definition) is 7. The van der Waals surface area contributed by atoms with E-state index in [1.807, 2.05) is 32.0 Å².